The molecule has 1 aliphatic rings. The molecule has 1 heterocycles. The number of non-ortho nitro benzene ring substituents is 1. The van der Waals surface area contributed by atoms with Crippen molar-refractivity contribution < 1.29 is 9.72 Å². The molecule has 0 bridgehead atoms. The third kappa shape index (κ3) is 2.65. The smallest absolute Gasteiger partial charge is 0.270 e. The number of anilines is 1. The fourth-order valence-electron chi connectivity index (χ4n) is 2.35. The van der Waals surface area contributed by atoms with Crippen molar-refractivity contribution in [3.05, 3.63) is 33.9 Å². The number of carbonyl (C=O) groups is 1. The van der Waals surface area contributed by atoms with E-state index in [1.807, 2.05) is 4.90 Å². The van der Waals surface area contributed by atoms with Crippen LogP contribution in [0.2, 0.25) is 0 Å². The standard InChI is InChI=1S/C12H16N4O3/c13-6-8-3-4-15(7-8)11-2-1-9(16(18)19)5-10(11)12(14)17/h1-2,5,8H,3-4,6-7,13H2,(H2,14,17). The molecule has 1 fully saturated rings. The second kappa shape index (κ2) is 5.23. The largest absolute Gasteiger partial charge is 0.371 e. The first kappa shape index (κ1) is 13.3. The van der Waals surface area contributed by atoms with Crippen molar-refractivity contribution in [3.63, 3.8) is 0 Å². The zero-order valence-corrected chi connectivity index (χ0v) is 10.4. The van der Waals surface area contributed by atoms with E-state index in [-0.39, 0.29) is 11.3 Å². The molecule has 2 rings (SSSR count). The lowest BCUT2D eigenvalue weighted by Gasteiger charge is -2.20. The van der Waals surface area contributed by atoms with Gasteiger partial charge in [0.25, 0.3) is 11.6 Å². The summed E-state index contributed by atoms with van der Waals surface area (Å²) in [7, 11) is 0. The minimum Gasteiger partial charge on any atom is -0.371 e. The maximum Gasteiger partial charge on any atom is 0.270 e. The van der Waals surface area contributed by atoms with Gasteiger partial charge in [0.05, 0.1) is 16.2 Å². The topological polar surface area (TPSA) is 115 Å². The predicted molar refractivity (Wildman–Crippen MR) is 71.0 cm³/mol. The number of benzene rings is 1. The van der Waals surface area contributed by atoms with Crippen LogP contribution < -0.4 is 16.4 Å². The van der Waals surface area contributed by atoms with Crippen LogP contribution >= 0.6 is 0 Å². The van der Waals surface area contributed by atoms with Crippen molar-refractivity contribution in [1.82, 2.24) is 0 Å². The fraction of sp³-hybridized carbons (Fsp3) is 0.417. The first-order valence-electron chi connectivity index (χ1n) is 6.06. The van der Waals surface area contributed by atoms with E-state index < -0.39 is 10.8 Å². The summed E-state index contributed by atoms with van der Waals surface area (Å²) in [6.07, 6.45) is 0.950. The van der Waals surface area contributed by atoms with Gasteiger partial charge >= 0.3 is 0 Å². The number of nitro groups is 1. The summed E-state index contributed by atoms with van der Waals surface area (Å²) in [4.78, 5) is 23.6. The average molecular weight is 264 g/mol. The number of hydrogen-bond acceptors (Lipinski definition) is 5. The van der Waals surface area contributed by atoms with Crippen molar-refractivity contribution in [1.29, 1.82) is 0 Å². The van der Waals surface area contributed by atoms with E-state index in [1.54, 1.807) is 6.07 Å². The van der Waals surface area contributed by atoms with E-state index in [2.05, 4.69) is 0 Å². The summed E-state index contributed by atoms with van der Waals surface area (Å²) in [5.74, 6) is -0.272. The number of primary amides is 1. The van der Waals surface area contributed by atoms with Crippen LogP contribution in [0.3, 0.4) is 0 Å². The van der Waals surface area contributed by atoms with E-state index in [9.17, 15) is 14.9 Å². The number of nitrogens with two attached hydrogens (primary N) is 2. The number of nitro benzene ring substituents is 1. The second-order valence-corrected chi connectivity index (χ2v) is 4.66. The highest BCUT2D eigenvalue weighted by Gasteiger charge is 2.25. The number of carbonyl (C=O) groups excluding carboxylic acids is 1. The normalized spacial score (nSPS) is 18.6. The Labute approximate surface area is 110 Å². The first-order valence-corrected chi connectivity index (χ1v) is 6.06. The lowest BCUT2D eigenvalue weighted by atomic mass is 10.1. The van der Waals surface area contributed by atoms with E-state index in [0.29, 0.717) is 18.2 Å². The third-order valence-electron chi connectivity index (χ3n) is 3.42. The summed E-state index contributed by atoms with van der Waals surface area (Å²) in [5.41, 5.74) is 11.6. The van der Waals surface area contributed by atoms with Crippen LogP contribution in [-0.2, 0) is 0 Å². The van der Waals surface area contributed by atoms with Crippen molar-refractivity contribution >= 4 is 17.3 Å². The second-order valence-electron chi connectivity index (χ2n) is 4.66. The van der Waals surface area contributed by atoms with Crippen LogP contribution in [-0.4, -0.2) is 30.5 Å². The molecule has 102 valence electrons. The molecule has 1 aromatic rings. The monoisotopic (exact) mass is 264 g/mol. The van der Waals surface area contributed by atoms with Gasteiger partial charge < -0.3 is 16.4 Å². The molecule has 19 heavy (non-hydrogen) atoms. The van der Waals surface area contributed by atoms with Crippen molar-refractivity contribution in [2.75, 3.05) is 24.5 Å². The van der Waals surface area contributed by atoms with E-state index in [0.717, 1.165) is 19.5 Å². The van der Waals surface area contributed by atoms with Gasteiger partial charge in [-0.2, -0.15) is 0 Å². The quantitative estimate of drug-likeness (QED) is 0.606. The highest BCUT2D eigenvalue weighted by Crippen LogP contribution is 2.29. The summed E-state index contributed by atoms with van der Waals surface area (Å²) in [6.45, 7) is 2.12. The molecule has 0 radical (unpaired) electrons. The van der Waals surface area contributed by atoms with E-state index >= 15 is 0 Å². The minimum atomic E-state index is -0.658. The van der Waals surface area contributed by atoms with Crippen LogP contribution in [0.25, 0.3) is 0 Å². The zero-order chi connectivity index (χ0) is 14.0. The summed E-state index contributed by atoms with van der Waals surface area (Å²) in [5, 5.41) is 10.7. The lowest BCUT2D eigenvalue weighted by molar-refractivity contribution is -0.384. The van der Waals surface area contributed by atoms with Gasteiger partial charge in [-0.15, -0.1) is 0 Å². The molecule has 1 atom stereocenters. The first-order chi connectivity index (χ1) is 9.02. The van der Waals surface area contributed by atoms with Gasteiger partial charge in [0.1, 0.15) is 0 Å². The van der Waals surface area contributed by atoms with Crippen molar-refractivity contribution in [3.8, 4) is 0 Å². The van der Waals surface area contributed by atoms with Gasteiger partial charge in [0, 0.05) is 25.2 Å². The average Bonchev–Trinajstić information content (AvgIpc) is 2.86. The van der Waals surface area contributed by atoms with Crippen LogP contribution in [0.4, 0.5) is 11.4 Å². The van der Waals surface area contributed by atoms with Crippen LogP contribution in [0, 0.1) is 16.0 Å². The van der Waals surface area contributed by atoms with Crippen molar-refractivity contribution in [2.45, 2.75) is 6.42 Å². The SMILES string of the molecule is NCC1CCN(c2ccc([N+](=O)[O-])cc2C(N)=O)C1. The number of hydrogen-bond donors (Lipinski definition) is 2. The molecule has 1 saturated heterocycles. The predicted octanol–water partition coefficient (Wildman–Crippen LogP) is 0.479. The van der Waals surface area contributed by atoms with Gasteiger partial charge in [-0.3, -0.25) is 14.9 Å². The number of rotatable bonds is 4. The van der Waals surface area contributed by atoms with E-state index in [1.165, 1.54) is 12.1 Å². The zero-order valence-electron chi connectivity index (χ0n) is 10.4. The maximum absolute atomic E-state index is 11.5. The van der Waals surface area contributed by atoms with Gasteiger partial charge in [-0.05, 0) is 24.9 Å². The molecule has 1 aromatic carbocycles. The Bertz CT molecular complexity index is 518. The highest BCUT2D eigenvalue weighted by molar-refractivity contribution is 5.99. The van der Waals surface area contributed by atoms with Gasteiger partial charge in [0.15, 0.2) is 0 Å². The molecular weight excluding hydrogens is 248 g/mol. The molecule has 0 saturated carbocycles. The van der Waals surface area contributed by atoms with Gasteiger partial charge in [-0.1, -0.05) is 0 Å². The van der Waals surface area contributed by atoms with E-state index in [4.69, 9.17) is 11.5 Å². The van der Waals surface area contributed by atoms with Crippen LogP contribution in [0.5, 0.6) is 0 Å². The van der Waals surface area contributed by atoms with Crippen LogP contribution in [0.15, 0.2) is 18.2 Å². The molecule has 1 unspecified atom stereocenters. The summed E-state index contributed by atoms with van der Waals surface area (Å²) < 4.78 is 0. The Balaban J connectivity index is 2.35. The number of nitrogens with zero attached hydrogens (tertiary/aromatic N) is 2. The van der Waals surface area contributed by atoms with Crippen LogP contribution in [0.1, 0.15) is 16.8 Å². The Kier molecular flexibility index (Phi) is 3.66. The molecule has 4 N–H and O–H groups in total. The minimum absolute atomic E-state index is 0.132. The number of amides is 1. The highest BCUT2D eigenvalue weighted by atomic mass is 16.6. The molecule has 0 spiro atoms. The Morgan fingerprint density at radius 2 is 2.26 bits per heavy atom. The maximum atomic E-state index is 11.5. The molecular formula is C12H16N4O3. The summed E-state index contributed by atoms with van der Waals surface area (Å²) >= 11 is 0. The molecule has 1 amide bonds. The fourth-order valence-corrected chi connectivity index (χ4v) is 2.35. The summed E-state index contributed by atoms with van der Waals surface area (Å²) in [6, 6.07) is 4.20. The molecule has 0 aliphatic carbocycles. The molecule has 7 heteroatoms. The Morgan fingerprint density at radius 1 is 1.53 bits per heavy atom. The lowest BCUT2D eigenvalue weighted by Crippen LogP contribution is -2.25. The Hall–Kier alpha value is -2.15. The van der Waals surface area contributed by atoms with Gasteiger partial charge in [0.2, 0.25) is 0 Å². The van der Waals surface area contributed by atoms with Gasteiger partial charge in [-0.25, -0.2) is 0 Å². The van der Waals surface area contributed by atoms with Crippen molar-refractivity contribution in [2.24, 2.45) is 17.4 Å². The molecule has 1 aliphatic heterocycles. The third-order valence-corrected chi connectivity index (χ3v) is 3.42. The molecule has 0 aromatic heterocycles. The Morgan fingerprint density at radius 3 is 2.79 bits per heavy atom. The molecule has 7 nitrogen and oxygen atoms in total.